The molecule has 4 heteroatoms. The number of ether oxygens (including phenoxy) is 1. The van der Waals surface area contributed by atoms with E-state index >= 15 is 0 Å². The maximum absolute atomic E-state index is 6.04. The molecule has 3 unspecified atom stereocenters. The molecule has 0 spiro atoms. The molecule has 0 N–H and O–H groups in total. The van der Waals surface area contributed by atoms with Crippen LogP contribution in [0.3, 0.4) is 0 Å². The van der Waals surface area contributed by atoms with Crippen molar-refractivity contribution in [1.82, 2.24) is 9.55 Å². The van der Waals surface area contributed by atoms with Crippen LogP contribution in [0.4, 0.5) is 0 Å². The molecule has 1 aromatic carbocycles. The normalized spacial score (nSPS) is 28.6. The van der Waals surface area contributed by atoms with Gasteiger partial charge in [-0.05, 0) is 37.8 Å². The minimum absolute atomic E-state index is 0.368. The molecular weight excluding hydrogens is 272 g/mol. The van der Waals surface area contributed by atoms with Crippen molar-refractivity contribution >= 4 is 22.6 Å². The Hall–Kier alpha value is -1.06. The van der Waals surface area contributed by atoms with Gasteiger partial charge in [0.15, 0.2) is 0 Å². The standard InChI is InChI=1S/C16H19ClN2O/c1-10-3-2-4-12-16(10)18-15(7-8-17)19(12)13-9-11-5-6-14(13)20-11/h2-4,11,13-14H,5-9H2,1H3. The summed E-state index contributed by atoms with van der Waals surface area (Å²) < 4.78 is 8.45. The number of fused-ring (bicyclic) bond motifs is 3. The second-order valence-corrected chi connectivity index (χ2v) is 6.33. The van der Waals surface area contributed by atoms with Crippen molar-refractivity contribution in [3.63, 3.8) is 0 Å². The van der Waals surface area contributed by atoms with Gasteiger partial charge in [0.1, 0.15) is 5.82 Å². The number of nitrogens with zero attached hydrogens (tertiary/aromatic N) is 2. The minimum Gasteiger partial charge on any atom is -0.373 e. The first-order chi connectivity index (χ1) is 9.78. The average molecular weight is 291 g/mol. The van der Waals surface area contributed by atoms with Crippen LogP contribution in [0, 0.1) is 6.92 Å². The van der Waals surface area contributed by atoms with Crippen molar-refractivity contribution in [2.75, 3.05) is 5.88 Å². The number of imidazole rings is 1. The lowest BCUT2D eigenvalue weighted by molar-refractivity contribution is 0.0940. The van der Waals surface area contributed by atoms with E-state index in [-0.39, 0.29) is 0 Å². The quantitative estimate of drug-likeness (QED) is 0.807. The lowest BCUT2D eigenvalue weighted by atomic mass is 9.95. The fraction of sp³-hybridized carbons (Fsp3) is 0.562. The summed E-state index contributed by atoms with van der Waals surface area (Å²) in [6.07, 6.45) is 5.17. The Bertz CT molecular complexity index is 651. The zero-order valence-corrected chi connectivity index (χ0v) is 12.4. The van der Waals surface area contributed by atoms with Gasteiger partial charge in [-0.25, -0.2) is 4.98 Å². The van der Waals surface area contributed by atoms with Crippen LogP contribution in [-0.2, 0) is 11.2 Å². The van der Waals surface area contributed by atoms with E-state index in [1.165, 1.54) is 23.9 Å². The molecule has 1 aromatic heterocycles. The van der Waals surface area contributed by atoms with Gasteiger partial charge in [0.05, 0.1) is 29.3 Å². The van der Waals surface area contributed by atoms with Crippen LogP contribution in [-0.4, -0.2) is 27.6 Å². The number of hydrogen-bond donors (Lipinski definition) is 0. The predicted molar refractivity (Wildman–Crippen MR) is 80.4 cm³/mol. The van der Waals surface area contributed by atoms with E-state index in [1.807, 2.05) is 0 Å². The van der Waals surface area contributed by atoms with Gasteiger partial charge in [-0.15, -0.1) is 11.6 Å². The number of halogens is 1. The van der Waals surface area contributed by atoms with Gasteiger partial charge in [-0.3, -0.25) is 0 Å². The minimum atomic E-state index is 0.368. The van der Waals surface area contributed by atoms with Gasteiger partial charge < -0.3 is 9.30 Å². The van der Waals surface area contributed by atoms with Crippen molar-refractivity contribution in [2.45, 2.75) is 50.9 Å². The number of aromatic nitrogens is 2. The van der Waals surface area contributed by atoms with Crippen LogP contribution in [0.15, 0.2) is 18.2 Å². The fourth-order valence-electron chi connectivity index (χ4n) is 3.82. The van der Waals surface area contributed by atoms with Crippen LogP contribution in [0.2, 0.25) is 0 Å². The summed E-state index contributed by atoms with van der Waals surface area (Å²) in [6.45, 7) is 2.13. The van der Waals surface area contributed by atoms with Crippen LogP contribution >= 0.6 is 11.6 Å². The smallest absolute Gasteiger partial charge is 0.111 e. The highest BCUT2D eigenvalue weighted by Gasteiger charge is 2.42. The molecule has 2 bridgehead atoms. The van der Waals surface area contributed by atoms with Crippen molar-refractivity contribution in [3.05, 3.63) is 29.6 Å². The Balaban J connectivity index is 1.87. The van der Waals surface area contributed by atoms with Crippen molar-refractivity contribution in [2.24, 2.45) is 0 Å². The number of rotatable bonds is 3. The number of hydrogen-bond acceptors (Lipinski definition) is 2. The highest BCUT2D eigenvalue weighted by atomic mass is 35.5. The summed E-state index contributed by atoms with van der Waals surface area (Å²) in [7, 11) is 0. The molecule has 4 rings (SSSR count). The maximum Gasteiger partial charge on any atom is 0.111 e. The van der Waals surface area contributed by atoms with E-state index in [0.717, 1.165) is 24.2 Å². The summed E-state index contributed by atoms with van der Waals surface area (Å²) in [5.41, 5.74) is 3.60. The Morgan fingerprint density at radius 3 is 3.00 bits per heavy atom. The molecule has 0 radical (unpaired) electrons. The third kappa shape index (κ3) is 1.80. The largest absolute Gasteiger partial charge is 0.373 e. The first-order valence-corrected chi connectivity index (χ1v) is 7.99. The van der Waals surface area contributed by atoms with Crippen molar-refractivity contribution in [3.8, 4) is 0 Å². The molecule has 0 aliphatic carbocycles. The van der Waals surface area contributed by atoms with E-state index in [9.17, 15) is 0 Å². The Labute approximate surface area is 123 Å². The summed E-state index contributed by atoms with van der Waals surface area (Å²) in [5, 5.41) is 0. The second-order valence-electron chi connectivity index (χ2n) is 5.96. The Morgan fingerprint density at radius 2 is 2.30 bits per heavy atom. The van der Waals surface area contributed by atoms with E-state index in [2.05, 4.69) is 29.7 Å². The first kappa shape index (κ1) is 12.7. The van der Waals surface area contributed by atoms with E-state index < -0.39 is 0 Å². The van der Waals surface area contributed by atoms with Crippen LogP contribution in [0.5, 0.6) is 0 Å². The molecule has 0 saturated carbocycles. The number of benzene rings is 1. The second kappa shape index (κ2) is 4.74. The van der Waals surface area contributed by atoms with Gasteiger partial charge in [-0.2, -0.15) is 0 Å². The monoisotopic (exact) mass is 290 g/mol. The molecule has 2 aliphatic heterocycles. The summed E-state index contributed by atoms with van der Waals surface area (Å²) in [5.74, 6) is 1.73. The van der Waals surface area contributed by atoms with Crippen LogP contribution < -0.4 is 0 Å². The molecule has 0 amide bonds. The summed E-state index contributed by atoms with van der Waals surface area (Å²) in [6, 6.07) is 6.87. The van der Waals surface area contributed by atoms with Gasteiger partial charge in [0.25, 0.3) is 0 Å². The van der Waals surface area contributed by atoms with Crippen LogP contribution in [0.1, 0.15) is 36.7 Å². The third-order valence-corrected chi connectivity index (χ3v) is 4.91. The highest BCUT2D eigenvalue weighted by molar-refractivity contribution is 6.17. The van der Waals surface area contributed by atoms with Gasteiger partial charge in [0.2, 0.25) is 0 Å². The molecular formula is C16H19ClN2O. The summed E-state index contributed by atoms with van der Waals surface area (Å²) in [4.78, 5) is 4.85. The number of para-hydroxylation sites is 1. The molecule has 2 aliphatic rings. The molecule has 106 valence electrons. The molecule has 2 saturated heterocycles. The van der Waals surface area contributed by atoms with Gasteiger partial charge >= 0.3 is 0 Å². The van der Waals surface area contributed by atoms with Crippen LogP contribution in [0.25, 0.3) is 11.0 Å². The molecule has 3 nitrogen and oxygen atoms in total. The Kier molecular flexibility index (Phi) is 3.00. The number of alkyl halides is 1. The molecule has 3 heterocycles. The zero-order valence-electron chi connectivity index (χ0n) is 11.7. The fourth-order valence-corrected chi connectivity index (χ4v) is 3.99. The summed E-state index contributed by atoms with van der Waals surface area (Å²) >= 11 is 5.98. The van der Waals surface area contributed by atoms with Crippen molar-refractivity contribution < 1.29 is 4.74 Å². The molecule has 2 fully saturated rings. The molecule has 3 atom stereocenters. The van der Waals surface area contributed by atoms with Gasteiger partial charge in [0, 0.05) is 12.3 Å². The van der Waals surface area contributed by atoms with Crippen molar-refractivity contribution in [1.29, 1.82) is 0 Å². The molecule has 2 aromatic rings. The maximum atomic E-state index is 6.04. The first-order valence-electron chi connectivity index (χ1n) is 7.46. The molecule has 20 heavy (non-hydrogen) atoms. The van der Waals surface area contributed by atoms with E-state index in [4.69, 9.17) is 21.3 Å². The topological polar surface area (TPSA) is 27.1 Å². The van der Waals surface area contributed by atoms with E-state index in [0.29, 0.717) is 24.1 Å². The number of aryl methyl sites for hydroxylation is 2. The highest BCUT2D eigenvalue weighted by Crippen LogP contribution is 2.43. The average Bonchev–Trinajstić information content (AvgIpc) is 3.12. The van der Waals surface area contributed by atoms with E-state index in [1.54, 1.807) is 0 Å². The SMILES string of the molecule is Cc1cccc2c1nc(CCCl)n2C1CC2CCC1O2. The zero-order chi connectivity index (χ0) is 13.7. The Morgan fingerprint density at radius 1 is 1.40 bits per heavy atom. The lowest BCUT2D eigenvalue weighted by Crippen LogP contribution is -2.22. The third-order valence-electron chi connectivity index (χ3n) is 4.72. The van der Waals surface area contributed by atoms with Gasteiger partial charge in [-0.1, -0.05) is 12.1 Å². The lowest BCUT2D eigenvalue weighted by Gasteiger charge is -2.23. The predicted octanol–water partition coefficient (Wildman–Crippen LogP) is 3.62.